The van der Waals surface area contributed by atoms with Gasteiger partial charge in [0.15, 0.2) is 0 Å². The molecule has 2 saturated carbocycles. The normalized spacial score (nSPS) is 29.0. The van der Waals surface area contributed by atoms with Crippen LogP contribution < -0.4 is 0 Å². The fourth-order valence-corrected chi connectivity index (χ4v) is 15.1. The fraction of sp³-hybridized carbons (Fsp3) is 0.853. The molecule has 6 nitrogen and oxygen atoms in total. The van der Waals surface area contributed by atoms with E-state index in [2.05, 4.69) is 88.4 Å². The molecule has 2 fully saturated rings. The van der Waals surface area contributed by atoms with E-state index >= 15 is 0 Å². The van der Waals surface area contributed by atoms with Gasteiger partial charge in [-0.3, -0.25) is 0 Å². The molecule has 0 saturated heterocycles. The average Bonchev–Trinajstić information content (AvgIpc) is 3.08. The van der Waals surface area contributed by atoms with Crippen molar-refractivity contribution in [2.45, 2.75) is 148 Å². The maximum absolute atomic E-state index is 13.3. The van der Waals surface area contributed by atoms with E-state index in [9.17, 15) is 4.79 Å². The molecule has 0 radical (unpaired) electrons. The third-order valence-electron chi connectivity index (χ3n) is 11.6. The summed E-state index contributed by atoms with van der Waals surface area (Å²) in [4.78, 5) is 13.3. The van der Waals surface area contributed by atoms with E-state index < -0.39 is 16.6 Å². The van der Waals surface area contributed by atoms with Gasteiger partial charge in [-0.2, -0.15) is 0 Å². The highest BCUT2D eigenvalue weighted by Crippen LogP contribution is 2.61. The Bertz CT molecular complexity index is 1000. The number of carbonyl (C=O) groups excluding carboxylic acids is 1. The smallest absolute Gasteiger partial charge is 0.337 e. The van der Waals surface area contributed by atoms with Crippen LogP contribution in [0.3, 0.4) is 0 Å². The quantitative estimate of drug-likeness (QED) is 0.0991. The molecule has 0 bridgehead atoms. The summed E-state index contributed by atoms with van der Waals surface area (Å²) in [5.74, 6) is 1.20. The molecule has 0 N–H and O–H groups in total. The molecular formula is C34H62O6Si2. The molecule has 42 heavy (non-hydrogen) atoms. The van der Waals surface area contributed by atoms with Gasteiger partial charge in [0.05, 0.1) is 30.6 Å². The maximum atomic E-state index is 13.3. The number of hydrogen-bond donors (Lipinski definition) is 0. The standard InChI is InChI=1S/C34H62O6Si2/c1-22(2)42(23(3)4,24(5)6)40-30-20-34(10)28(17-18-31(34)38-21-36-11)27-19-29(39-41(13,14)33(7,8)9)26(32(35)37-12)16-15-25(27)30/h15,22-24,27-28,30-31H,16-21H2,1-14H3/t27-,28-,30-,31+,34+/m1/s1. The van der Waals surface area contributed by atoms with Crippen LogP contribution in [-0.4, -0.2) is 55.8 Å². The largest absolute Gasteiger partial charge is 0.546 e. The summed E-state index contributed by atoms with van der Waals surface area (Å²) in [6, 6.07) is 0. The Morgan fingerprint density at radius 2 is 1.62 bits per heavy atom. The lowest BCUT2D eigenvalue weighted by Gasteiger charge is -2.53. The van der Waals surface area contributed by atoms with Gasteiger partial charge in [-0.1, -0.05) is 75.3 Å². The van der Waals surface area contributed by atoms with Crippen LogP contribution in [0.5, 0.6) is 0 Å². The molecule has 0 heterocycles. The van der Waals surface area contributed by atoms with Gasteiger partial charge >= 0.3 is 5.97 Å². The number of rotatable bonds is 11. The van der Waals surface area contributed by atoms with Gasteiger partial charge in [-0.25, -0.2) is 4.79 Å². The molecule has 0 unspecified atom stereocenters. The topological polar surface area (TPSA) is 63.2 Å². The first-order valence-electron chi connectivity index (χ1n) is 16.3. The molecule has 5 atom stereocenters. The first kappa shape index (κ1) is 35.5. The Kier molecular flexibility index (Phi) is 11.2. The second-order valence-electron chi connectivity index (χ2n) is 15.9. The Balaban J connectivity index is 2.17. The zero-order chi connectivity index (χ0) is 31.8. The SMILES string of the molecule is COCO[C@H]1CC[C@@H]2[C@@H]3CC(O[Si](C)(C)C(C)(C)C)=C(C(=O)OC)CC=C3[C@H](O[Si](C(C)C)(C(C)C)C(C)C)C[C@]12C. The van der Waals surface area contributed by atoms with Gasteiger partial charge in [0.2, 0.25) is 16.6 Å². The minimum Gasteiger partial charge on any atom is -0.546 e. The van der Waals surface area contributed by atoms with Crippen LogP contribution in [0.2, 0.25) is 34.8 Å². The van der Waals surface area contributed by atoms with Crippen LogP contribution in [0.15, 0.2) is 23.0 Å². The van der Waals surface area contributed by atoms with E-state index in [4.69, 9.17) is 23.1 Å². The van der Waals surface area contributed by atoms with Crippen LogP contribution >= 0.6 is 0 Å². The van der Waals surface area contributed by atoms with E-state index in [1.54, 1.807) is 7.11 Å². The molecule has 0 aromatic heterocycles. The molecule has 3 aliphatic rings. The second-order valence-corrected chi connectivity index (χ2v) is 26.0. The van der Waals surface area contributed by atoms with Gasteiger partial charge < -0.3 is 23.1 Å². The second kappa shape index (κ2) is 13.2. The fourth-order valence-electron chi connectivity index (χ4n) is 8.43. The van der Waals surface area contributed by atoms with Crippen molar-refractivity contribution in [1.82, 2.24) is 0 Å². The maximum Gasteiger partial charge on any atom is 0.337 e. The summed E-state index contributed by atoms with van der Waals surface area (Å²) < 4.78 is 31.8. The minimum absolute atomic E-state index is 0.00650. The molecular weight excluding hydrogens is 561 g/mol. The molecule has 0 aromatic carbocycles. The number of hydrogen-bond acceptors (Lipinski definition) is 6. The van der Waals surface area contributed by atoms with E-state index in [1.165, 1.54) is 12.7 Å². The summed E-state index contributed by atoms with van der Waals surface area (Å²) in [5.41, 5.74) is 3.44. The van der Waals surface area contributed by atoms with Crippen LogP contribution in [0, 0.1) is 17.3 Å². The summed E-state index contributed by atoms with van der Waals surface area (Å²) in [6.07, 6.45) is 6.69. The lowest BCUT2D eigenvalue weighted by molar-refractivity contribution is -0.136. The van der Waals surface area contributed by atoms with Crippen LogP contribution in [0.1, 0.15) is 101 Å². The Morgan fingerprint density at radius 1 is 1.02 bits per heavy atom. The number of carbonyl (C=O) groups is 1. The van der Waals surface area contributed by atoms with Gasteiger partial charge in [0, 0.05) is 20.0 Å². The zero-order valence-electron chi connectivity index (χ0n) is 29.3. The molecule has 3 aliphatic carbocycles. The van der Waals surface area contributed by atoms with Gasteiger partial charge in [-0.05, 0) is 76.8 Å². The van der Waals surface area contributed by atoms with E-state index in [1.807, 2.05) is 0 Å². The Morgan fingerprint density at radius 3 is 2.12 bits per heavy atom. The average molecular weight is 623 g/mol. The van der Waals surface area contributed by atoms with E-state index in [-0.39, 0.29) is 34.5 Å². The number of fused-ring (bicyclic) bond motifs is 3. The molecule has 0 aromatic rings. The molecule has 8 heteroatoms. The highest BCUT2D eigenvalue weighted by Gasteiger charge is 2.59. The van der Waals surface area contributed by atoms with Crippen molar-refractivity contribution in [2.75, 3.05) is 21.0 Å². The molecule has 242 valence electrons. The third kappa shape index (κ3) is 6.53. The highest BCUT2D eigenvalue weighted by atomic mass is 28.4. The van der Waals surface area contributed by atoms with Crippen molar-refractivity contribution in [3.05, 3.63) is 23.0 Å². The third-order valence-corrected chi connectivity index (χ3v) is 22.1. The van der Waals surface area contributed by atoms with Crippen molar-refractivity contribution in [1.29, 1.82) is 0 Å². The van der Waals surface area contributed by atoms with Gasteiger partial charge in [0.25, 0.3) is 0 Å². The van der Waals surface area contributed by atoms with Crippen LogP contribution in [0.25, 0.3) is 0 Å². The number of methoxy groups -OCH3 is 2. The molecule has 0 amide bonds. The summed E-state index contributed by atoms with van der Waals surface area (Å²) >= 11 is 0. The van der Waals surface area contributed by atoms with Crippen LogP contribution in [-0.2, 0) is 27.9 Å². The monoisotopic (exact) mass is 622 g/mol. The number of esters is 1. The molecule has 0 spiro atoms. The Labute approximate surface area is 259 Å². The molecule has 0 aliphatic heterocycles. The number of allylic oxidation sites excluding steroid dienone is 2. The minimum atomic E-state index is -2.21. The van der Waals surface area contributed by atoms with Gasteiger partial charge in [0.1, 0.15) is 6.79 Å². The predicted molar refractivity (Wildman–Crippen MR) is 176 cm³/mol. The molecule has 3 rings (SSSR count). The Hall–Kier alpha value is -0.936. The summed E-state index contributed by atoms with van der Waals surface area (Å²) in [7, 11) is -1.22. The van der Waals surface area contributed by atoms with Crippen molar-refractivity contribution in [2.24, 2.45) is 17.3 Å². The van der Waals surface area contributed by atoms with E-state index in [0.29, 0.717) is 47.7 Å². The van der Waals surface area contributed by atoms with Crippen molar-refractivity contribution >= 4 is 22.6 Å². The summed E-state index contributed by atoms with van der Waals surface area (Å²) in [6.45, 7) is 28.2. The summed E-state index contributed by atoms with van der Waals surface area (Å²) in [5, 5.41) is 0.0138. The number of ether oxygens (including phenoxy) is 3. The van der Waals surface area contributed by atoms with Gasteiger partial charge in [-0.15, -0.1) is 0 Å². The lowest BCUT2D eigenvalue weighted by atomic mass is 9.60. The lowest BCUT2D eigenvalue weighted by Crippen LogP contribution is -2.55. The van der Waals surface area contributed by atoms with Crippen molar-refractivity contribution < 1.29 is 27.9 Å². The van der Waals surface area contributed by atoms with E-state index in [0.717, 1.165) is 25.0 Å². The van der Waals surface area contributed by atoms with Crippen LogP contribution in [0.4, 0.5) is 0 Å². The first-order valence-corrected chi connectivity index (χ1v) is 21.4. The highest BCUT2D eigenvalue weighted by molar-refractivity contribution is 6.77. The van der Waals surface area contributed by atoms with Crippen molar-refractivity contribution in [3.8, 4) is 0 Å². The van der Waals surface area contributed by atoms with Crippen molar-refractivity contribution in [3.63, 3.8) is 0 Å². The first-order chi connectivity index (χ1) is 19.4. The zero-order valence-corrected chi connectivity index (χ0v) is 31.3. The predicted octanol–water partition coefficient (Wildman–Crippen LogP) is 9.14.